The summed E-state index contributed by atoms with van der Waals surface area (Å²) in [5.41, 5.74) is 0.151. The monoisotopic (exact) mass is 281 g/mol. The topological polar surface area (TPSA) is 45.2 Å². The first-order chi connectivity index (χ1) is 9.62. The highest BCUT2D eigenvalue weighted by atomic mass is 16.8. The molecule has 0 bridgehead atoms. The Morgan fingerprint density at radius 3 is 2.65 bits per heavy atom. The lowest BCUT2D eigenvalue weighted by atomic mass is 9.71. The van der Waals surface area contributed by atoms with Crippen LogP contribution in [0.25, 0.3) is 0 Å². The minimum atomic E-state index is -0.288. The zero-order valence-electron chi connectivity index (χ0n) is 12.6. The van der Waals surface area contributed by atoms with Crippen LogP contribution in [0, 0.1) is 11.3 Å². The molecule has 20 heavy (non-hydrogen) atoms. The maximum atomic E-state index is 11.0. The molecular weight excluding hydrogens is 254 g/mol. The molecular formula is C16H27NO3. The van der Waals surface area contributed by atoms with Crippen molar-refractivity contribution in [1.82, 2.24) is 4.90 Å². The van der Waals surface area contributed by atoms with Gasteiger partial charge in [-0.1, -0.05) is 26.2 Å². The van der Waals surface area contributed by atoms with Gasteiger partial charge in [-0.25, -0.2) is 0 Å². The van der Waals surface area contributed by atoms with E-state index in [1.165, 1.54) is 32.1 Å². The number of nitrogens with zero attached hydrogens (tertiary/aromatic N) is 1. The second-order valence-electron chi connectivity index (χ2n) is 7.53. The van der Waals surface area contributed by atoms with Crippen molar-refractivity contribution in [2.75, 3.05) is 6.61 Å². The number of likely N-dealkylation sites (tertiary alicyclic amines) is 1. The predicted octanol–water partition coefficient (Wildman–Crippen LogP) is 2.11. The van der Waals surface area contributed by atoms with Crippen molar-refractivity contribution in [3.8, 4) is 0 Å². The Morgan fingerprint density at radius 1 is 1.15 bits per heavy atom. The van der Waals surface area contributed by atoms with Gasteiger partial charge in [-0.2, -0.15) is 0 Å². The molecule has 4 heteroatoms. The molecule has 114 valence electrons. The third-order valence-electron chi connectivity index (χ3n) is 6.31. The predicted molar refractivity (Wildman–Crippen MR) is 75.0 cm³/mol. The molecule has 0 amide bonds. The molecule has 1 saturated carbocycles. The van der Waals surface area contributed by atoms with Crippen LogP contribution in [0.2, 0.25) is 0 Å². The summed E-state index contributed by atoms with van der Waals surface area (Å²) in [4.78, 5) is 2.36. The van der Waals surface area contributed by atoms with Crippen molar-refractivity contribution in [1.29, 1.82) is 0 Å². The van der Waals surface area contributed by atoms with Gasteiger partial charge in [0.25, 0.3) is 0 Å². The molecule has 4 nitrogen and oxygen atoms in total. The van der Waals surface area contributed by atoms with E-state index in [0.717, 1.165) is 6.42 Å². The van der Waals surface area contributed by atoms with Crippen molar-refractivity contribution < 1.29 is 14.6 Å². The molecule has 0 radical (unpaired) electrons. The summed E-state index contributed by atoms with van der Waals surface area (Å²) < 4.78 is 11.3. The summed E-state index contributed by atoms with van der Waals surface area (Å²) in [6, 6.07) is 0.763. The Morgan fingerprint density at radius 2 is 1.90 bits per heavy atom. The Bertz CT molecular complexity index is 382. The van der Waals surface area contributed by atoms with Gasteiger partial charge in [0.1, 0.15) is 12.3 Å². The number of ether oxygens (including phenoxy) is 2. The van der Waals surface area contributed by atoms with Gasteiger partial charge in [0, 0.05) is 23.4 Å². The maximum Gasteiger partial charge on any atom is 0.184 e. The third kappa shape index (κ3) is 1.88. The molecule has 1 spiro atoms. The number of aliphatic hydroxyl groups excluding tert-OH is 1. The third-order valence-corrected chi connectivity index (χ3v) is 6.31. The molecule has 1 N–H and O–H groups in total. The molecule has 4 rings (SSSR count). The fourth-order valence-corrected chi connectivity index (χ4v) is 5.12. The zero-order valence-corrected chi connectivity index (χ0v) is 12.6. The average Bonchev–Trinajstić information content (AvgIpc) is 3.18. The maximum absolute atomic E-state index is 11.0. The number of hydrogen-bond acceptors (Lipinski definition) is 4. The van der Waals surface area contributed by atoms with E-state index in [9.17, 15) is 5.11 Å². The van der Waals surface area contributed by atoms with Crippen LogP contribution >= 0.6 is 0 Å². The molecule has 6 atom stereocenters. The number of rotatable bonds is 1. The largest absolute Gasteiger partial charge is 0.378 e. The van der Waals surface area contributed by atoms with Crippen LogP contribution in [0.4, 0.5) is 0 Å². The minimum Gasteiger partial charge on any atom is -0.378 e. The van der Waals surface area contributed by atoms with Crippen LogP contribution in [-0.2, 0) is 9.47 Å². The van der Waals surface area contributed by atoms with Gasteiger partial charge in [0.2, 0.25) is 0 Å². The van der Waals surface area contributed by atoms with Crippen molar-refractivity contribution >= 4 is 0 Å². The highest BCUT2D eigenvalue weighted by Gasteiger charge is 2.58. The van der Waals surface area contributed by atoms with Crippen molar-refractivity contribution in [3.63, 3.8) is 0 Å². The van der Waals surface area contributed by atoms with Crippen molar-refractivity contribution in [3.05, 3.63) is 0 Å². The van der Waals surface area contributed by atoms with E-state index < -0.39 is 0 Å². The Labute approximate surface area is 121 Å². The summed E-state index contributed by atoms with van der Waals surface area (Å²) in [5.74, 6) is 0.463. The van der Waals surface area contributed by atoms with Gasteiger partial charge in [-0.15, -0.1) is 0 Å². The standard InChI is InChI=1S/C16H27NO3/c1-10-8-16(6-4-3-5-7-16)15(18)17(10)12-9-19-14-13(20-14)11(12)2/h10-15,18H,3-9H2,1-2H3. The number of aliphatic hydroxyl groups is 1. The van der Waals surface area contributed by atoms with Gasteiger partial charge in [-0.3, -0.25) is 4.90 Å². The molecule has 0 aromatic carbocycles. The fraction of sp³-hybridized carbons (Fsp3) is 1.00. The fourth-order valence-electron chi connectivity index (χ4n) is 5.12. The van der Waals surface area contributed by atoms with Crippen LogP contribution in [0.15, 0.2) is 0 Å². The lowest BCUT2D eigenvalue weighted by Crippen LogP contribution is -2.54. The van der Waals surface area contributed by atoms with E-state index >= 15 is 0 Å². The molecule has 3 aliphatic heterocycles. The summed E-state index contributed by atoms with van der Waals surface area (Å²) in [7, 11) is 0. The van der Waals surface area contributed by atoms with Gasteiger partial charge >= 0.3 is 0 Å². The lowest BCUT2D eigenvalue weighted by molar-refractivity contribution is -0.115. The lowest BCUT2D eigenvalue weighted by Gasteiger charge is -2.42. The number of hydrogen-bond donors (Lipinski definition) is 1. The SMILES string of the molecule is CC1C2OC2OCC1N1C(C)CC2(CCCCC2)C1O. The first kappa shape index (κ1) is 13.5. The summed E-state index contributed by atoms with van der Waals surface area (Å²) in [6.07, 6.45) is 7.44. The van der Waals surface area contributed by atoms with Gasteiger partial charge in [-0.05, 0) is 26.2 Å². The average molecular weight is 281 g/mol. The minimum absolute atomic E-state index is 0.0416. The molecule has 0 aromatic heterocycles. The Kier molecular flexibility index (Phi) is 3.15. The summed E-state index contributed by atoms with van der Waals surface area (Å²) in [6.45, 7) is 5.24. The smallest absolute Gasteiger partial charge is 0.184 e. The second-order valence-corrected chi connectivity index (χ2v) is 7.53. The number of epoxide rings is 1. The van der Waals surface area contributed by atoms with Gasteiger partial charge in [0.05, 0.1) is 6.61 Å². The zero-order chi connectivity index (χ0) is 13.9. The van der Waals surface area contributed by atoms with E-state index in [0.29, 0.717) is 24.6 Å². The normalized spacial score (nSPS) is 51.1. The van der Waals surface area contributed by atoms with E-state index in [1.807, 2.05) is 0 Å². The molecule has 0 aromatic rings. The summed E-state index contributed by atoms with van der Waals surface area (Å²) >= 11 is 0. The van der Waals surface area contributed by atoms with Crippen LogP contribution in [0.5, 0.6) is 0 Å². The van der Waals surface area contributed by atoms with Gasteiger partial charge < -0.3 is 14.6 Å². The van der Waals surface area contributed by atoms with Gasteiger partial charge in [0.15, 0.2) is 6.29 Å². The Balaban J connectivity index is 1.55. The first-order valence-corrected chi connectivity index (χ1v) is 8.35. The summed E-state index contributed by atoms with van der Waals surface area (Å²) in [5, 5.41) is 11.0. The quantitative estimate of drug-likeness (QED) is 0.748. The highest BCUT2D eigenvalue weighted by Crippen LogP contribution is 2.52. The van der Waals surface area contributed by atoms with Crippen LogP contribution < -0.4 is 0 Å². The van der Waals surface area contributed by atoms with E-state index in [2.05, 4.69) is 18.7 Å². The Hall–Kier alpha value is -0.160. The van der Waals surface area contributed by atoms with Crippen molar-refractivity contribution in [2.24, 2.45) is 11.3 Å². The van der Waals surface area contributed by atoms with E-state index in [-0.39, 0.29) is 24.0 Å². The van der Waals surface area contributed by atoms with E-state index in [4.69, 9.17) is 9.47 Å². The first-order valence-electron chi connectivity index (χ1n) is 8.35. The van der Waals surface area contributed by atoms with Crippen molar-refractivity contribution in [2.45, 2.75) is 83.1 Å². The molecule has 1 aliphatic carbocycles. The van der Waals surface area contributed by atoms with Crippen LogP contribution in [0.1, 0.15) is 52.4 Å². The highest BCUT2D eigenvalue weighted by molar-refractivity contribution is 5.04. The van der Waals surface area contributed by atoms with Crippen LogP contribution in [0.3, 0.4) is 0 Å². The molecule has 3 heterocycles. The number of fused-ring (bicyclic) bond motifs is 1. The van der Waals surface area contributed by atoms with Crippen LogP contribution in [-0.4, -0.2) is 47.3 Å². The molecule has 3 saturated heterocycles. The van der Waals surface area contributed by atoms with E-state index in [1.54, 1.807) is 0 Å². The molecule has 6 unspecified atom stereocenters. The second kappa shape index (κ2) is 4.67. The molecule has 4 aliphatic rings. The molecule has 4 fully saturated rings.